The van der Waals surface area contributed by atoms with Gasteiger partial charge in [0, 0.05) is 24.8 Å². The van der Waals surface area contributed by atoms with E-state index in [0.29, 0.717) is 19.6 Å². The molecular weight excluding hydrogens is 346 g/mol. The fraction of sp³-hybridized carbons (Fsp3) is 0.174. The third kappa shape index (κ3) is 4.32. The Labute approximate surface area is 165 Å². The second-order valence-electron chi connectivity index (χ2n) is 6.74. The van der Waals surface area contributed by atoms with Crippen LogP contribution in [0, 0.1) is 6.92 Å². The number of pyridine rings is 1. The predicted molar refractivity (Wildman–Crippen MR) is 111 cm³/mol. The molecule has 0 aliphatic rings. The Kier molecular flexibility index (Phi) is 5.54. The molecule has 0 amide bonds. The third-order valence-electron chi connectivity index (χ3n) is 4.67. The van der Waals surface area contributed by atoms with Gasteiger partial charge in [0.2, 0.25) is 0 Å². The van der Waals surface area contributed by atoms with Crippen LogP contribution in [0.1, 0.15) is 22.5 Å². The van der Waals surface area contributed by atoms with Gasteiger partial charge in [-0.2, -0.15) is 15.0 Å². The Morgan fingerprint density at radius 3 is 2.39 bits per heavy atom. The zero-order chi connectivity index (χ0) is 19.2. The van der Waals surface area contributed by atoms with Crippen LogP contribution in [0.25, 0.3) is 11.3 Å². The third-order valence-corrected chi connectivity index (χ3v) is 4.67. The molecule has 0 saturated carbocycles. The summed E-state index contributed by atoms with van der Waals surface area (Å²) in [4.78, 5) is 6.15. The van der Waals surface area contributed by atoms with Gasteiger partial charge in [0.15, 0.2) is 0 Å². The van der Waals surface area contributed by atoms with Crippen molar-refractivity contribution in [3.63, 3.8) is 0 Å². The Morgan fingerprint density at radius 1 is 0.821 bits per heavy atom. The van der Waals surface area contributed by atoms with E-state index < -0.39 is 0 Å². The fourth-order valence-electron chi connectivity index (χ4n) is 3.14. The van der Waals surface area contributed by atoms with Crippen LogP contribution in [0.5, 0.6) is 0 Å². The van der Waals surface area contributed by atoms with Crippen molar-refractivity contribution in [2.24, 2.45) is 0 Å². The van der Waals surface area contributed by atoms with Crippen molar-refractivity contribution in [2.45, 2.75) is 26.6 Å². The van der Waals surface area contributed by atoms with Gasteiger partial charge in [0.05, 0.1) is 12.2 Å². The van der Waals surface area contributed by atoms with Gasteiger partial charge in [0.25, 0.3) is 0 Å². The summed E-state index contributed by atoms with van der Waals surface area (Å²) in [6.07, 6.45) is 1.81. The molecule has 0 aliphatic carbocycles. The summed E-state index contributed by atoms with van der Waals surface area (Å²) in [5.74, 6) is 0. The maximum absolute atomic E-state index is 4.79. The molecular formula is C23H23N5. The normalized spacial score (nSPS) is 10.9. The van der Waals surface area contributed by atoms with E-state index >= 15 is 0 Å². The van der Waals surface area contributed by atoms with Crippen LogP contribution in [-0.2, 0) is 19.6 Å². The minimum absolute atomic E-state index is 0.634. The average Bonchev–Trinajstić information content (AvgIpc) is 3.14. The van der Waals surface area contributed by atoms with E-state index in [2.05, 4.69) is 53.6 Å². The molecule has 4 aromatic rings. The number of benzene rings is 2. The van der Waals surface area contributed by atoms with E-state index in [1.165, 1.54) is 11.1 Å². The average molecular weight is 369 g/mol. The quantitative estimate of drug-likeness (QED) is 0.535. The minimum Gasteiger partial charge on any atom is -0.305 e. The van der Waals surface area contributed by atoms with E-state index in [1.54, 1.807) is 4.80 Å². The van der Waals surface area contributed by atoms with Crippen LogP contribution < -0.4 is 5.32 Å². The van der Waals surface area contributed by atoms with Gasteiger partial charge in [-0.1, -0.05) is 60.7 Å². The molecule has 0 saturated heterocycles. The van der Waals surface area contributed by atoms with Gasteiger partial charge in [-0.15, -0.1) is 0 Å². The van der Waals surface area contributed by atoms with Gasteiger partial charge in [-0.25, -0.2) is 0 Å². The number of nitrogens with zero attached hydrogens (tertiary/aromatic N) is 4. The molecule has 0 radical (unpaired) electrons. The number of aromatic nitrogens is 4. The van der Waals surface area contributed by atoms with Crippen molar-refractivity contribution < 1.29 is 0 Å². The molecule has 0 atom stereocenters. The molecule has 140 valence electrons. The molecule has 0 unspecified atom stereocenters. The molecule has 1 N–H and O–H groups in total. The first-order valence-electron chi connectivity index (χ1n) is 9.44. The first kappa shape index (κ1) is 18.1. The zero-order valence-electron chi connectivity index (χ0n) is 15.9. The van der Waals surface area contributed by atoms with E-state index in [1.807, 2.05) is 42.6 Å². The highest BCUT2D eigenvalue weighted by atomic mass is 15.5. The first-order chi connectivity index (χ1) is 13.8. The number of hydrogen-bond acceptors (Lipinski definition) is 4. The number of hydrogen-bond donors (Lipinski definition) is 1. The second-order valence-corrected chi connectivity index (χ2v) is 6.74. The molecule has 0 bridgehead atoms. The highest BCUT2D eigenvalue weighted by Gasteiger charge is 2.13. The molecule has 0 aliphatic heterocycles. The van der Waals surface area contributed by atoms with E-state index in [-0.39, 0.29) is 0 Å². The Balaban J connectivity index is 1.56. The molecule has 2 aromatic heterocycles. The molecule has 5 heteroatoms. The molecule has 2 heterocycles. The van der Waals surface area contributed by atoms with Crippen molar-refractivity contribution in [1.82, 2.24) is 25.3 Å². The van der Waals surface area contributed by atoms with E-state index in [4.69, 9.17) is 10.2 Å². The van der Waals surface area contributed by atoms with Gasteiger partial charge in [-0.05, 0) is 30.2 Å². The Morgan fingerprint density at radius 2 is 1.61 bits per heavy atom. The maximum Gasteiger partial charge on any atom is 0.117 e. The van der Waals surface area contributed by atoms with Crippen LogP contribution in [0.4, 0.5) is 0 Å². The fourth-order valence-corrected chi connectivity index (χ4v) is 3.14. The largest absolute Gasteiger partial charge is 0.305 e. The number of rotatable bonds is 7. The van der Waals surface area contributed by atoms with Crippen molar-refractivity contribution in [1.29, 1.82) is 0 Å². The van der Waals surface area contributed by atoms with Gasteiger partial charge >= 0.3 is 0 Å². The highest BCUT2D eigenvalue weighted by molar-refractivity contribution is 5.60. The lowest BCUT2D eigenvalue weighted by Crippen LogP contribution is -2.15. The Hall–Kier alpha value is -3.31. The summed E-state index contributed by atoms with van der Waals surface area (Å²) in [5.41, 5.74) is 6.42. The van der Waals surface area contributed by atoms with E-state index in [0.717, 1.165) is 22.6 Å². The van der Waals surface area contributed by atoms with Crippen molar-refractivity contribution in [3.05, 3.63) is 102 Å². The zero-order valence-corrected chi connectivity index (χ0v) is 15.9. The summed E-state index contributed by atoms with van der Waals surface area (Å²) >= 11 is 0. The van der Waals surface area contributed by atoms with E-state index in [9.17, 15) is 0 Å². The first-order valence-corrected chi connectivity index (χ1v) is 9.44. The lowest BCUT2D eigenvalue weighted by atomic mass is 10.1. The Bertz CT molecular complexity index is 1030. The molecule has 2 aromatic carbocycles. The number of aryl methyl sites for hydroxylation is 1. The van der Waals surface area contributed by atoms with Crippen molar-refractivity contribution in [2.75, 3.05) is 0 Å². The van der Waals surface area contributed by atoms with Crippen LogP contribution in [0.15, 0.2) is 79.0 Å². The van der Waals surface area contributed by atoms with Crippen molar-refractivity contribution >= 4 is 0 Å². The van der Waals surface area contributed by atoms with Gasteiger partial charge < -0.3 is 5.32 Å². The molecule has 28 heavy (non-hydrogen) atoms. The van der Waals surface area contributed by atoms with Crippen molar-refractivity contribution in [3.8, 4) is 11.3 Å². The summed E-state index contributed by atoms with van der Waals surface area (Å²) in [6, 6.07) is 24.5. The SMILES string of the molecule is Cc1ccccc1Cn1nc(CNCc2ccccn2)c(-c2ccccc2)n1. The van der Waals surface area contributed by atoms with Crippen LogP contribution in [0.2, 0.25) is 0 Å². The van der Waals surface area contributed by atoms with Gasteiger partial charge in [-0.3, -0.25) is 4.98 Å². The van der Waals surface area contributed by atoms with Crippen LogP contribution >= 0.6 is 0 Å². The molecule has 0 fully saturated rings. The summed E-state index contributed by atoms with van der Waals surface area (Å²) in [5, 5.41) is 13.0. The smallest absolute Gasteiger partial charge is 0.117 e. The predicted octanol–water partition coefficient (Wildman–Crippen LogP) is 3.99. The highest BCUT2D eigenvalue weighted by Crippen LogP contribution is 2.20. The lowest BCUT2D eigenvalue weighted by Gasteiger charge is -2.04. The topological polar surface area (TPSA) is 55.6 Å². The second kappa shape index (κ2) is 8.59. The standard InChI is InChI=1S/C23H23N5/c1-18-9-5-6-12-20(18)17-28-26-22(16-24-15-21-13-7-8-14-25-21)23(27-28)19-10-3-2-4-11-19/h2-14,24H,15-17H2,1H3. The summed E-state index contributed by atoms with van der Waals surface area (Å²) in [7, 11) is 0. The van der Waals surface area contributed by atoms with Gasteiger partial charge in [0.1, 0.15) is 11.4 Å². The molecule has 0 spiro atoms. The summed E-state index contributed by atoms with van der Waals surface area (Å²) < 4.78 is 0. The molecule has 5 nitrogen and oxygen atoms in total. The minimum atomic E-state index is 0.634. The van der Waals surface area contributed by atoms with Crippen LogP contribution in [-0.4, -0.2) is 20.0 Å². The van der Waals surface area contributed by atoms with Crippen LogP contribution in [0.3, 0.4) is 0 Å². The molecule has 4 rings (SSSR count). The lowest BCUT2D eigenvalue weighted by molar-refractivity contribution is 0.574. The summed E-state index contributed by atoms with van der Waals surface area (Å²) in [6.45, 7) is 4.10. The number of nitrogens with one attached hydrogen (secondary N) is 1. The monoisotopic (exact) mass is 369 g/mol. The maximum atomic E-state index is 4.79.